The topological polar surface area (TPSA) is 59.1 Å². The number of ketones is 1. The zero-order chi connectivity index (χ0) is 18.2. The molecule has 3 rings (SSSR count). The van der Waals surface area contributed by atoms with Crippen molar-refractivity contribution >= 4 is 38.1 Å². The fourth-order valence-corrected chi connectivity index (χ4v) is 3.52. The summed E-state index contributed by atoms with van der Waals surface area (Å²) in [5.41, 5.74) is -0.838. The summed E-state index contributed by atoms with van der Waals surface area (Å²) in [6.45, 7) is 1.29. The largest absolute Gasteiger partial charge is 0.416 e. The van der Waals surface area contributed by atoms with Crippen LogP contribution in [-0.2, 0) is 11.0 Å². The van der Waals surface area contributed by atoms with Crippen molar-refractivity contribution in [1.29, 1.82) is 0 Å². The van der Waals surface area contributed by atoms with Crippen LogP contribution < -0.4 is 5.32 Å². The maximum atomic E-state index is 12.9. The molecule has 0 fully saturated rings. The van der Waals surface area contributed by atoms with Crippen LogP contribution in [0, 0.1) is 0 Å². The summed E-state index contributed by atoms with van der Waals surface area (Å²) in [5.74, 6) is -0.968. The lowest BCUT2D eigenvalue weighted by molar-refractivity contribution is -0.137. The van der Waals surface area contributed by atoms with Crippen LogP contribution in [0.4, 0.5) is 18.2 Å². The number of hydrogen-bond donors (Lipinski definition) is 1. The Labute approximate surface area is 144 Å². The van der Waals surface area contributed by atoms with Gasteiger partial charge in [-0.1, -0.05) is 12.1 Å². The number of fused-ring (bicyclic) bond motifs is 1. The molecule has 0 aliphatic heterocycles. The number of benzene rings is 1. The molecule has 0 spiro atoms. The van der Waals surface area contributed by atoms with E-state index in [1.165, 1.54) is 31.5 Å². The average Bonchev–Trinajstić information content (AvgIpc) is 2.90. The zero-order valence-corrected chi connectivity index (χ0v) is 13.7. The van der Waals surface area contributed by atoms with Gasteiger partial charge in [-0.25, -0.2) is 0 Å². The van der Waals surface area contributed by atoms with Gasteiger partial charge in [0.05, 0.1) is 15.8 Å². The standard InChI is InChI=1S/C17H11F3N2O2S/c1-9(23)22-16-14(12-5-6-21-8-13(12)25-16)15(24)10-3-2-4-11(7-10)17(18,19)20/h2-8H,1H3,(H,22,23). The van der Waals surface area contributed by atoms with E-state index in [1.807, 2.05) is 0 Å². The van der Waals surface area contributed by atoms with E-state index >= 15 is 0 Å². The average molecular weight is 364 g/mol. The number of rotatable bonds is 3. The molecule has 4 nitrogen and oxygen atoms in total. The van der Waals surface area contributed by atoms with Crippen LogP contribution >= 0.6 is 11.3 Å². The van der Waals surface area contributed by atoms with E-state index in [0.29, 0.717) is 10.1 Å². The number of aromatic nitrogens is 1. The molecule has 0 radical (unpaired) electrons. The van der Waals surface area contributed by atoms with Crippen molar-refractivity contribution < 1.29 is 22.8 Å². The summed E-state index contributed by atoms with van der Waals surface area (Å²) in [5, 5.41) is 3.39. The SMILES string of the molecule is CC(=O)Nc1sc2cnccc2c1C(=O)c1cccc(C(F)(F)F)c1. The van der Waals surface area contributed by atoms with Crippen LogP contribution in [0.3, 0.4) is 0 Å². The molecule has 1 amide bonds. The van der Waals surface area contributed by atoms with Crippen LogP contribution in [0.5, 0.6) is 0 Å². The third-order valence-electron chi connectivity index (χ3n) is 3.46. The minimum atomic E-state index is -4.54. The van der Waals surface area contributed by atoms with Gasteiger partial charge in [0.25, 0.3) is 0 Å². The molecule has 3 aromatic rings. The van der Waals surface area contributed by atoms with Crippen LogP contribution in [-0.4, -0.2) is 16.7 Å². The Morgan fingerprint density at radius 1 is 1.20 bits per heavy atom. The summed E-state index contributed by atoms with van der Waals surface area (Å²) >= 11 is 1.15. The second-order valence-corrected chi connectivity index (χ2v) is 6.32. The lowest BCUT2D eigenvalue weighted by atomic mass is 10.0. The first-order valence-electron chi connectivity index (χ1n) is 7.13. The summed E-state index contributed by atoms with van der Waals surface area (Å²) < 4.78 is 39.4. The Hall–Kier alpha value is -2.74. The molecule has 0 bridgehead atoms. The molecule has 128 valence electrons. The second-order valence-electron chi connectivity index (χ2n) is 5.27. The maximum absolute atomic E-state index is 12.9. The highest BCUT2D eigenvalue weighted by Crippen LogP contribution is 2.37. The number of alkyl halides is 3. The van der Waals surface area contributed by atoms with Gasteiger partial charge in [-0.2, -0.15) is 13.2 Å². The van der Waals surface area contributed by atoms with Gasteiger partial charge in [0, 0.05) is 30.3 Å². The number of amides is 1. The second kappa shape index (κ2) is 6.29. The summed E-state index contributed by atoms with van der Waals surface area (Å²) in [6, 6.07) is 5.81. The zero-order valence-electron chi connectivity index (χ0n) is 12.8. The molecule has 2 aromatic heterocycles. The molecule has 2 heterocycles. The lowest BCUT2D eigenvalue weighted by Crippen LogP contribution is -2.11. The number of halogens is 3. The Morgan fingerprint density at radius 3 is 2.64 bits per heavy atom. The van der Waals surface area contributed by atoms with Crippen molar-refractivity contribution in [2.24, 2.45) is 0 Å². The number of carbonyl (C=O) groups is 2. The minimum Gasteiger partial charge on any atom is -0.317 e. The van der Waals surface area contributed by atoms with Gasteiger partial charge >= 0.3 is 6.18 Å². The van der Waals surface area contributed by atoms with Crippen molar-refractivity contribution in [2.75, 3.05) is 5.32 Å². The first-order chi connectivity index (χ1) is 11.8. The third kappa shape index (κ3) is 3.39. The molecular weight excluding hydrogens is 353 g/mol. The summed E-state index contributed by atoms with van der Waals surface area (Å²) in [4.78, 5) is 28.2. The van der Waals surface area contributed by atoms with Gasteiger partial charge in [-0.05, 0) is 18.2 Å². The fourth-order valence-electron chi connectivity index (χ4n) is 2.41. The van der Waals surface area contributed by atoms with Crippen molar-refractivity contribution in [2.45, 2.75) is 13.1 Å². The maximum Gasteiger partial charge on any atom is 0.416 e. The number of hydrogen-bond acceptors (Lipinski definition) is 4. The molecule has 0 saturated carbocycles. The van der Waals surface area contributed by atoms with Gasteiger partial charge in [0.1, 0.15) is 5.00 Å². The number of thiophene rings is 1. The summed E-state index contributed by atoms with van der Waals surface area (Å²) in [7, 11) is 0. The normalized spacial score (nSPS) is 11.5. The highest BCUT2D eigenvalue weighted by molar-refractivity contribution is 7.23. The van der Waals surface area contributed by atoms with Crippen LogP contribution in [0.25, 0.3) is 10.1 Å². The van der Waals surface area contributed by atoms with E-state index in [0.717, 1.165) is 23.5 Å². The lowest BCUT2D eigenvalue weighted by Gasteiger charge is -2.09. The van der Waals surface area contributed by atoms with Gasteiger partial charge in [0.2, 0.25) is 5.91 Å². The molecule has 0 unspecified atom stereocenters. The Balaban J connectivity index is 2.15. The first kappa shape index (κ1) is 17.1. The third-order valence-corrected chi connectivity index (χ3v) is 4.52. The highest BCUT2D eigenvalue weighted by atomic mass is 32.1. The molecule has 0 aliphatic carbocycles. The summed E-state index contributed by atoms with van der Waals surface area (Å²) in [6.07, 6.45) is -1.53. The van der Waals surface area contributed by atoms with Crippen LogP contribution in [0.1, 0.15) is 28.4 Å². The van der Waals surface area contributed by atoms with E-state index in [4.69, 9.17) is 0 Å². The predicted molar refractivity (Wildman–Crippen MR) is 88.8 cm³/mol. The molecular formula is C17H11F3N2O2S. The first-order valence-corrected chi connectivity index (χ1v) is 7.95. The van der Waals surface area contributed by atoms with Crippen LogP contribution in [0.2, 0.25) is 0 Å². The molecule has 1 aromatic carbocycles. The van der Waals surface area contributed by atoms with E-state index < -0.39 is 17.5 Å². The van der Waals surface area contributed by atoms with Gasteiger partial charge < -0.3 is 5.32 Å². The van der Waals surface area contributed by atoms with E-state index in [1.54, 1.807) is 6.07 Å². The monoisotopic (exact) mass is 364 g/mol. The molecule has 0 atom stereocenters. The smallest absolute Gasteiger partial charge is 0.317 e. The minimum absolute atomic E-state index is 0.0991. The van der Waals surface area contributed by atoms with E-state index in [-0.39, 0.29) is 22.0 Å². The molecule has 1 N–H and O–H groups in total. The van der Waals surface area contributed by atoms with Crippen LogP contribution in [0.15, 0.2) is 42.7 Å². The number of nitrogens with zero attached hydrogens (tertiary/aromatic N) is 1. The molecule has 0 saturated heterocycles. The Morgan fingerprint density at radius 2 is 1.96 bits per heavy atom. The highest BCUT2D eigenvalue weighted by Gasteiger charge is 2.31. The number of pyridine rings is 1. The Kier molecular flexibility index (Phi) is 4.30. The van der Waals surface area contributed by atoms with E-state index in [2.05, 4.69) is 10.3 Å². The number of nitrogens with one attached hydrogen (secondary N) is 1. The van der Waals surface area contributed by atoms with Gasteiger partial charge in [0.15, 0.2) is 5.78 Å². The van der Waals surface area contributed by atoms with E-state index in [9.17, 15) is 22.8 Å². The molecule has 8 heteroatoms. The predicted octanol–water partition coefficient (Wildman–Crippen LogP) is 4.50. The fraction of sp³-hybridized carbons (Fsp3) is 0.118. The molecule has 0 aliphatic rings. The van der Waals surface area contributed by atoms with Crippen molar-refractivity contribution in [3.05, 3.63) is 59.4 Å². The van der Waals surface area contributed by atoms with Crippen molar-refractivity contribution in [3.63, 3.8) is 0 Å². The molecule has 25 heavy (non-hydrogen) atoms. The number of carbonyl (C=O) groups excluding carboxylic acids is 2. The van der Waals surface area contributed by atoms with Gasteiger partial charge in [-0.15, -0.1) is 11.3 Å². The van der Waals surface area contributed by atoms with Crippen molar-refractivity contribution in [3.8, 4) is 0 Å². The quantitative estimate of drug-likeness (QED) is 0.696. The Bertz CT molecular complexity index is 979. The van der Waals surface area contributed by atoms with Crippen molar-refractivity contribution in [1.82, 2.24) is 4.98 Å². The number of anilines is 1. The van der Waals surface area contributed by atoms with Gasteiger partial charge in [-0.3, -0.25) is 14.6 Å².